The zero-order chi connectivity index (χ0) is 13.6. The fourth-order valence-electron chi connectivity index (χ4n) is 1.97. The summed E-state index contributed by atoms with van der Waals surface area (Å²) in [7, 11) is -3.01. The van der Waals surface area contributed by atoms with Gasteiger partial charge in [-0.3, -0.25) is 4.57 Å². The Balaban J connectivity index is 2.97. The number of hydrogen-bond acceptors (Lipinski definition) is 3. The third kappa shape index (κ3) is 4.24. The van der Waals surface area contributed by atoms with E-state index in [4.69, 9.17) is 9.05 Å². The van der Waals surface area contributed by atoms with Gasteiger partial charge >= 0.3 is 7.60 Å². The van der Waals surface area contributed by atoms with E-state index in [0.29, 0.717) is 25.3 Å². The normalized spacial score (nSPS) is 12.1. The van der Waals surface area contributed by atoms with Crippen molar-refractivity contribution in [2.75, 3.05) is 13.2 Å². The lowest BCUT2D eigenvalue weighted by Gasteiger charge is -2.19. The maximum absolute atomic E-state index is 12.5. The molecule has 4 heteroatoms. The van der Waals surface area contributed by atoms with Gasteiger partial charge in [0.15, 0.2) is 0 Å². The van der Waals surface area contributed by atoms with Crippen LogP contribution >= 0.6 is 7.60 Å². The number of rotatable bonds is 7. The Hall–Kier alpha value is -0.630. The molecule has 0 saturated heterocycles. The molecule has 1 rings (SSSR count). The molecule has 0 amide bonds. The van der Waals surface area contributed by atoms with Gasteiger partial charge in [-0.25, -0.2) is 0 Å². The average molecular weight is 270 g/mol. The van der Waals surface area contributed by atoms with E-state index >= 15 is 0 Å². The predicted molar refractivity (Wildman–Crippen MR) is 75.1 cm³/mol. The van der Waals surface area contributed by atoms with Gasteiger partial charge < -0.3 is 9.05 Å². The summed E-state index contributed by atoms with van der Waals surface area (Å²) in [6.45, 7) is 8.73. The smallest absolute Gasteiger partial charge is 0.309 e. The van der Waals surface area contributed by atoms with Crippen LogP contribution in [0.15, 0.2) is 24.3 Å². The van der Waals surface area contributed by atoms with Crippen molar-refractivity contribution in [3.05, 3.63) is 35.4 Å². The first-order chi connectivity index (χ1) is 8.52. The van der Waals surface area contributed by atoms with Crippen molar-refractivity contribution in [2.45, 2.75) is 39.8 Å². The van der Waals surface area contributed by atoms with Crippen molar-refractivity contribution in [3.63, 3.8) is 0 Å². The van der Waals surface area contributed by atoms with Crippen molar-refractivity contribution in [3.8, 4) is 0 Å². The quantitative estimate of drug-likeness (QED) is 0.680. The Kier molecular flexibility index (Phi) is 6.07. The third-order valence-electron chi connectivity index (χ3n) is 2.69. The van der Waals surface area contributed by atoms with Gasteiger partial charge in [0.1, 0.15) is 0 Å². The second-order valence-corrected chi connectivity index (χ2v) is 6.51. The van der Waals surface area contributed by atoms with E-state index < -0.39 is 7.60 Å². The first-order valence-electron chi connectivity index (χ1n) is 6.48. The predicted octanol–water partition coefficient (Wildman–Crippen LogP) is 4.58. The molecule has 0 radical (unpaired) electrons. The molecular weight excluding hydrogens is 247 g/mol. The molecule has 0 bridgehead atoms. The van der Waals surface area contributed by atoms with Crippen LogP contribution in [-0.4, -0.2) is 13.2 Å². The first-order valence-corrected chi connectivity index (χ1v) is 8.21. The lowest BCUT2D eigenvalue weighted by Crippen LogP contribution is -2.02. The molecule has 102 valence electrons. The van der Waals surface area contributed by atoms with Gasteiger partial charge in [-0.1, -0.05) is 38.1 Å². The molecule has 0 aliphatic rings. The van der Waals surface area contributed by atoms with Crippen LogP contribution in [0.2, 0.25) is 0 Å². The number of benzene rings is 1. The van der Waals surface area contributed by atoms with Crippen molar-refractivity contribution < 1.29 is 13.6 Å². The highest BCUT2D eigenvalue weighted by molar-refractivity contribution is 7.53. The standard InChI is InChI=1S/C14H23O3P/c1-5-16-18(15,17-6-2)11-13-9-7-8-10-14(13)12(3)4/h7-10,12H,5-6,11H2,1-4H3. The summed E-state index contributed by atoms with van der Waals surface area (Å²) >= 11 is 0. The molecular formula is C14H23O3P. The Labute approximate surface area is 110 Å². The maximum Gasteiger partial charge on any atom is 0.335 e. The van der Waals surface area contributed by atoms with Crippen LogP contribution in [0.1, 0.15) is 44.7 Å². The van der Waals surface area contributed by atoms with E-state index in [9.17, 15) is 4.57 Å². The molecule has 0 aromatic heterocycles. The van der Waals surface area contributed by atoms with Gasteiger partial charge in [0.05, 0.1) is 19.4 Å². The fraction of sp³-hybridized carbons (Fsp3) is 0.571. The first kappa shape index (κ1) is 15.4. The summed E-state index contributed by atoms with van der Waals surface area (Å²) in [5.41, 5.74) is 2.26. The molecule has 18 heavy (non-hydrogen) atoms. The molecule has 0 fully saturated rings. The van der Waals surface area contributed by atoms with Crippen LogP contribution in [0, 0.1) is 0 Å². The maximum atomic E-state index is 12.5. The van der Waals surface area contributed by atoms with Gasteiger partial charge in [-0.15, -0.1) is 0 Å². The second kappa shape index (κ2) is 7.08. The summed E-state index contributed by atoms with van der Waals surface area (Å²) < 4.78 is 23.2. The molecule has 1 aromatic carbocycles. The van der Waals surface area contributed by atoms with Crippen molar-refractivity contribution in [1.29, 1.82) is 0 Å². The van der Waals surface area contributed by atoms with Crippen LogP contribution in [-0.2, 0) is 19.8 Å². The van der Waals surface area contributed by atoms with Crippen LogP contribution in [0.25, 0.3) is 0 Å². The number of hydrogen-bond donors (Lipinski definition) is 0. The SMILES string of the molecule is CCOP(=O)(Cc1ccccc1C(C)C)OCC. The molecule has 0 spiro atoms. The van der Waals surface area contributed by atoms with Crippen LogP contribution in [0.4, 0.5) is 0 Å². The largest absolute Gasteiger partial charge is 0.335 e. The molecule has 0 unspecified atom stereocenters. The van der Waals surface area contributed by atoms with Gasteiger partial charge in [-0.2, -0.15) is 0 Å². The molecule has 1 aromatic rings. The molecule has 3 nitrogen and oxygen atoms in total. The molecule has 0 heterocycles. The molecule has 0 N–H and O–H groups in total. The molecule has 0 atom stereocenters. The van der Waals surface area contributed by atoms with Gasteiger partial charge in [0.25, 0.3) is 0 Å². The van der Waals surface area contributed by atoms with E-state index in [1.54, 1.807) is 0 Å². The minimum Gasteiger partial charge on any atom is -0.309 e. The minimum atomic E-state index is -3.01. The van der Waals surface area contributed by atoms with E-state index in [2.05, 4.69) is 19.9 Å². The van der Waals surface area contributed by atoms with Gasteiger partial charge in [0, 0.05) is 0 Å². The molecule has 0 saturated carbocycles. The summed E-state index contributed by atoms with van der Waals surface area (Å²) in [5, 5.41) is 0. The second-order valence-electron chi connectivity index (χ2n) is 4.46. The topological polar surface area (TPSA) is 35.5 Å². The van der Waals surface area contributed by atoms with Crippen molar-refractivity contribution in [2.24, 2.45) is 0 Å². The highest BCUT2D eigenvalue weighted by Crippen LogP contribution is 2.52. The van der Waals surface area contributed by atoms with E-state index in [-0.39, 0.29) is 0 Å². The Morgan fingerprint density at radius 2 is 1.67 bits per heavy atom. The highest BCUT2D eigenvalue weighted by atomic mass is 31.2. The fourth-order valence-corrected chi connectivity index (χ4v) is 3.72. The lowest BCUT2D eigenvalue weighted by atomic mass is 9.98. The van der Waals surface area contributed by atoms with E-state index in [1.165, 1.54) is 5.56 Å². The van der Waals surface area contributed by atoms with Gasteiger partial charge in [-0.05, 0) is 30.9 Å². The van der Waals surface area contributed by atoms with Crippen LogP contribution < -0.4 is 0 Å². The monoisotopic (exact) mass is 270 g/mol. The van der Waals surface area contributed by atoms with Crippen LogP contribution in [0.5, 0.6) is 0 Å². The van der Waals surface area contributed by atoms with Gasteiger partial charge in [0.2, 0.25) is 0 Å². The van der Waals surface area contributed by atoms with E-state index in [1.807, 2.05) is 32.0 Å². The third-order valence-corrected chi connectivity index (χ3v) is 4.72. The Bertz CT molecular complexity index is 405. The zero-order valence-electron chi connectivity index (χ0n) is 11.7. The van der Waals surface area contributed by atoms with Crippen molar-refractivity contribution >= 4 is 7.60 Å². The average Bonchev–Trinajstić information content (AvgIpc) is 2.29. The Morgan fingerprint density at radius 3 is 2.17 bits per heavy atom. The van der Waals surface area contributed by atoms with Crippen LogP contribution in [0.3, 0.4) is 0 Å². The van der Waals surface area contributed by atoms with E-state index in [0.717, 1.165) is 5.56 Å². The zero-order valence-corrected chi connectivity index (χ0v) is 12.6. The molecule has 0 aliphatic heterocycles. The molecule has 0 aliphatic carbocycles. The summed E-state index contributed by atoms with van der Waals surface area (Å²) in [4.78, 5) is 0. The summed E-state index contributed by atoms with van der Waals surface area (Å²) in [6.07, 6.45) is 0.350. The summed E-state index contributed by atoms with van der Waals surface area (Å²) in [6, 6.07) is 8.04. The minimum absolute atomic E-state index is 0.350. The highest BCUT2D eigenvalue weighted by Gasteiger charge is 2.25. The Morgan fingerprint density at radius 1 is 1.11 bits per heavy atom. The van der Waals surface area contributed by atoms with Crippen molar-refractivity contribution in [1.82, 2.24) is 0 Å². The lowest BCUT2D eigenvalue weighted by molar-refractivity contribution is 0.219. The summed E-state index contributed by atoms with van der Waals surface area (Å²) in [5.74, 6) is 0.401.